The predicted octanol–water partition coefficient (Wildman–Crippen LogP) is 3.14. The second kappa shape index (κ2) is 6.07. The quantitative estimate of drug-likeness (QED) is 0.921. The molecule has 2 N–H and O–H groups in total. The topological polar surface area (TPSA) is 63.4 Å². The normalized spacial score (nSPS) is 19.7. The highest BCUT2D eigenvalue weighted by Gasteiger charge is 2.36. The van der Waals surface area contributed by atoms with Crippen LogP contribution in [0.2, 0.25) is 0 Å². The van der Waals surface area contributed by atoms with Crippen molar-refractivity contribution in [2.24, 2.45) is 5.73 Å². The maximum absolute atomic E-state index is 13.8. The molecule has 124 valence electrons. The fourth-order valence-corrected chi connectivity index (χ4v) is 3.26. The lowest BCUT2D eigenvalue weighted by Gasteiger charge is -2.38. The summed E-state index contributed by atoms with van der Waals surface area (Å²) in [4.78, 5) is 26.3. The van der Waals surface area contributed by atoms with E-state index in [1.165, 1.54) is 6.07 Å². The minimum atomic E-state index is -0.421. The van der Waals surface area contributed by atoms with Crippen LogP contribution in [-0.2, 0) is 4.79 Å². The van der Waals surface area contributed by atoms with Crippen molar-refractivity contribution in [2.75, 3.05) is 4.90 Å². The molecular weight excluding hydrogens is 307 g/mol. The van der Waals surface area contributed by atoms with Crippen molar-refractivity contribution in [1.82, 2.24) is 0 Å². The largest absolute Gasteiger partial charge is 0.369 e. The van der Waals surface area contributed by atoms with Gasteiger partial charge in [0.15, 0.2) is 0 Å². The van der Waals surface area contributed by atoms with Crippen molar-refractivity contribution in [3.05, 3.63) is 65.0 Å². The number of amides is 2. The zero-order valence-electron chi connectivity index (χ0n) is 13.6. The standard InChI is InChI=1S/C19H19FN2O2/c1-11-7-8-13(10-16(11)20)19(24)22-12(2)9-15(18(21)23)14-5-3-4-6-17(14)22/h3-8,10,12,15H,9H2,1-2H3,(H2,21,23)/t12-,15-/m1/s1. The average Bonchev–Trinajstić information content (AvgIpc) is 2.56. The van der Waals surface area contributed by atoms with Gasteiger partial charge in [0, 0.05) is 17.3 Å². The van der Waals surface area contributed by atoms with Crippen LogP contribution < -0.4 is 10.6 Å². The molecule has 5 heteroatoms. The number of hydrogen-bond donors (Lipinski definition) is 1. The molecule has 2 atom stereocenters. The lowest BCUT2D eigenvalue weighted by molar-refractivity contribution is -0.119. The van der Waals surface area contributed by atoms with Crippen LogP contribution >= 0.6 is 0 Å². The van der Waals surface area contributed by atoms with Crippen molar-refractivity contribution in [3.63, 3.8) is 0 Å². The number of nitrogens with zero attached hydrogens (tertiary/aromatic N) is 1. The van der Waals surface area contributed by atoms with Crippen molar-refractivity contribution in [2.45, 2.75) is 32.2 Å². The highest BCUT2D eigenvalue weighted by Crippen LogP contribution is 2.39. The van der Waals surface area contributed by atoms with Crippen LogP contribution in [0.15, 0.2) is 42.5 Å². The first-order valence-electron chi connectivity index (χ1n) is 7.88. The summed E-state index contributed by atoms with van der Waals surface area (Å²) in [7, 11) is 0. The Kier molecular flexibility index (Phi) is 4.09. The van der Waals surface area contributed by atoms with Gasteiger partial charge in [-0.1, -0.05) is 24.3 Å². The molecule has 0 radical (unpaired) electrons. The number of rotatable bonds is 2. The number of anilines is 1. The fourth-order valence-electron chi connectivity index (χ4n) is 3.26. The number of benzene rings is 2. The number of halogens is 1. The van der Waals surface area contributed by atoms with Crippen LogP contribution in [0, 0.1) is 12.7 Å². The summed E-state index contributed by atoms with van der Waals surface area (Å²) in [6.45, 7) is 3.52. The van der Waals surface area contributed by atoms with E-state index >= 15 is 0 Å². The molecule has 2 aromatic rings. The number of carbonyl (C=O) groups excluding carboxylic acids is 2. The Morgan fingerprint density at radius 3 is 2.58 bits per heavy atom. The molecule has 0 saturated carbocycles. The number of para-hydroxylation sites is 1. The Hall–Kier alpha value is -2.69. The SMILES string of the molecule is Cc1ccc(C(=O)N2c3ccccc3[C@H](C(N)=O)C[C@H]2C)cc1F. The smallest absolute Gasteiger partial charge is 0.258 e. The molecule has 0 spiro atoms. The van der Waals surface area contributed by atoms with Crippen molar-refractivity contribution in [1.29, 1.82) is 0 Å². The minimum absolute atomic E-state index is 0.214. The van der Waals surface area contributed by atoms with Gasteiger partial charge in [-0.25, -0.2) is 4.39 Å². The van der Waals surface area contributed by atoms with Gasteiger partial charge in [-0.15, -0.1) is 0 Å². The summed E-state index contributed by atoms with van der Waals surface area (Å²) in [6, 6.07) is 11.5. The minimum Gasteiger partial charge on any atom is -0.369 e. The van der Waals surface area contributed by atoms with Crippen molar-refractivity contribution in [3.8, 4) is 0 Å². The van der Waals surface area contributed by atoms with Gasteiger partial charge in [0.1, 0.15) is 5.82 Å². The number of fused-ring (bicyclic) bond motifs is 1. The fraction of sp³-hybridized carbons (Fsp3) is 0.263. The summed E-state index contributed by atoms with van der Waals surface area (Å²) < 4.78 is 13.8. The highest BCUT2D eigenvalue weighted by atomic mass is 19.1. The monoisotopic (exact) mass is 326 g/mol. The van der Waals surface area contributed by atoms with E-state index in [1.54, 1.807) is 30.0 Å². The molecule has 0 fully saturated rings. The first-order chi connectivity index (χ1) is 11.4. The first-order valence-corrected chi connectivity index (χ1v) is 7.88. The molecule has 24 heavy (non-hydrogen) atoms. The van der Waals surface area contributed by atoms with E-state index < -0.39 is 17.6 Å². The van der Waals surface area contributed by atoms with E-state index in [-0.39, 0.29) is 17.5 Å². The third-order valence-electron chi connectivity index (χ3n) is 4.57. The Morgan fingerprint density at radius 1 is 1.21 bits per heavy atom. The number of carbonyl (C=O) groups is 2. The Morgan fingerprint density at radius 2 is 1.92 bits per heavy atom. The lowest BCUT2D eigenvalue weighted by Crippen LogP contribution is -2.45. The molecule has 0 bridgehead atoms. The van der Waals surface area contributed by atoms with E-state index in [4.69, 9.17) is 5.73 Å². The second-order valence-electron chi connectivity index (χ2n) is 6.24. The number of primary amides is 1. The molecule has 3 rings (SSSR count). The van der Waals surface area contributed by atoms with E-state index in [1.807, 2.05) is 25.1 Å². The molecule has 0 aromatic heterocycles. The molecule has 2 aromatic carbocycles. The maximum Gasteiger partial charge on any atom is 0.258 e. The predicted molar refractivity (Wildman–Crippen MR) is 90.4 cm³/mol. The maximum atomic E-state index is 13.8. The van der Waals surface area contributed by atoms with E-state index in [2.05, 4.69) is 0 Å². The van der Waals surface area contributed by atoms with E-state index in [0.29, 0.717) is 17.7 Å². The van der Waals surface area contributed by atoms with Crippen molar-refractivity contribution >= 4 is 17.5 Å². The van der Waals surface area contributed by atoms with Gasteiger partial charge < -0.3 is 10.6 Å². The highest BCUT2D eigenvalue weighted by molar-refractivity contribution is 6.08. The number of aryl methyl sites for hydroxylation is 1. The molecule has 1 aliphatic heterocycles. The molecule has 1 heterocycles. The zero-order valence-corrected chi connectivity index (χ0v) is 13.6. The summed E-state index contributed by atoms with van der Waals surface area (Å²) in [6.07, 6.45) is 0.451. The molecule has 4 nitrogen and oxygen atoms in total. The Balaban J connectivity index is 2.06. The first kappa shape index (κ1) is 16.2. The molecule has 0 unspecified atom stereocenters. The molecule has 2 amide bonds. The van der Waals surface area contributed by atoms with E-state index in [0.717, 1.165) is 5.56 Å². The van der Waals surface area contributed by atoms with Gasteiger partial charge in [-0.05, 0) is 49.6 Å². The Labute approximate surface area is 140 Å². The van der Waals surface area contributed by atoms with Gasteiger partial charge in [-0.2, -0.15) is 0 Å². The summed E-state index contributed by atoms with van der Waals surface area (Å²) in [5, 5.41) is 0. The van der Waals surface area contributed by atoms with Gasteiger partial charge in [-0.3, -0.25) is 9.59 Å². The van der Waals surface area contributed by atoms with Gasteiger partial charge in [0.25, 0.3) is 5.91 Å². The van der Waals surface area contributed by atoms with Gasteiger partial charge in [0.2, 0.25) is 5.91 Å². The van der Waals surface area contributed by atoms with Crippen LogP contribution in [0.3, 0.4) is 0 Å². The number of hydrogen-bond acceptors (Lipinski definition) is 2. The molecule has 0 aliphatic carbocycles. The van der Waals surface area contributed by atoms with Crippen molar-refractivity contribution < 1.29 is 14.0 Å². The average molecular weight is 326 g/mol. The van der Waals surface area contributed by atoms with Crippen LogP contribution in [0.1, 0.15) is 40.7 Å². The van der Waals surface area contributed by atoms with Gasteiger partial charge in [0.05, 0.1) is 5.92 Å². The van der Waals surface area contributed by atoms with Gasteiger partial charge >= 0.3 is 0 Å². The lowest BCUT2D eigenvalue weighted by atomic mass is 9.85. The second-order valence-corrected chi connectivity index (χ2v) is 6.24. The Bertz CT molecular complexity index is 819. The summed E-state index contributed by atoms with van der Waals surface area (Å²) in [5.41, 5.74) is 7.70. The van der Waals surface area contributed by atoms with Crippen LogP contribution in [0.25, 0.3) is 0 Å². The molecule has 1 aliphatic rings. The molecular formula is C19H19FN2O2. The third-order valence-corrected chi connectivity index (χ3v) is 4.57. The van der Waals surface area contributed by atoms with Crippen LogP contribution in [0.4, 0.5) is 10.1 Å². The van der Waals surface area contributed by atoms with Crippen LogP contribution in [0.5, 0.6) is 0 Å². The van der Waals surface area contributed by atoms with Crippen LogP contribution in [-0.4, -0.2) is 17.9 Å². The zero-order chi connectivity index (χ0) is 17.4. The van der Waals surface area contributed by atoms with E-state index in [9.17, 15) is 14.0 Å². The third kappa shape index (κ3) is 2.66. The number of nitrogens with two attached hydrogens (primary N) is 1. The summed E-state index contributed by atoms with van der Waals surface area (Å²) >= 11 is 0. The summed E-state index contributed by atoms with van der Waals surface area (Å²) in [5.74, 6) is -1.51. The molecule has 0 saturated heterocycles.